The van der Waals surface area contributed by atoms with Gasteiger partial charge in [-0.05, 0) is 12.1 Å². The number of nitrogens with zero attached hydrogens (tertiary/aromatic N) is 2. The molecule has 0 spiro atoms. The molecule has 0 aliphatic carbocycles. The summed E-state index contributed by atoms with van der Waals surface area (Å²) in [4.78, 5) is 16.0. The van der Waals surface area contributed by atoms with Crippen LogP contribution in [0.4, 0.5) is 4.39 Å². The molecule has 0 N–H and O–H groups in total. The van der Waals surface area contributed by atoms with Crippen LogP contribution in [-0.2, 0) is 4.79 Å². The molecule has 1 aromatic heterocycles. The summed E-state index contributed by atoms with van der Waals surface area (Å²) < 4.78 is 18.0. The number of ether oxygens (including phenoxy) is 1. The van der Waals surface area contributed by atoms with Crippen molar-refractivity contribution in [2.75, 3.05) is 20.7 Å². The zero-order valence-corrected chi connectivity index (χ0v) is 8.74. The van der Waals surface area contributed by atoms with Crippen molar-refractivity contribution in [1.29, 1.82) is 0 Å². The minimum Gasteiger partial charge on any atom is -0.488 e. The number of halogens is 1. The monoisotopic (exact) mass is 212 g/mol. The molecular weight excluding hydrogens is 199 g/mol. The predicted molar refractivity (Wildman–Crippen MR) is 53.0 cm³/mol. The molecule has 1 amide bonds. The Hall–Kier alpha value is -1.65. The van der Waals surface area contributed by atoms with E-state index in [-0.39, 0.29) is 24.7 Å². The maximum atomic E-state index is 12.9. The molecule has 15 heavy (non-hydrogen) atoms. The Morgan fingerprint density at radius 2 is 2.33 bits per heavy atom. The van der Waals surface area contributed by atoms with Gasteiger partial charge in [0.15, 0.2) is 5.75 Å². The Morgan fingerprint density at radius 3 is 2.93 bits per heavy atom. The van der Waals surface area contributed by atoms with Crippen LogP contribution in [-0.4, -0.2) is 36.5 Å². The molecule has 0 atom stereocenters. The number of amides is 1. The Labute approximate surface area is 87.7 Å². The molecule has 5 heteroatoms. The summed E-state index contributed by atoms with van der Waals surface area (Å²) in [6.07, 6.45) is 1.56. The van der Waals surface area contributed by atoms with E-state index in [0.29, 0.717) is 0 Å². The first-order valence-corrected chi connectivity index (χ1v) is 4.54. The lowest BCUT2D eigenvalue weighted by atomic mass is 10.4. The van der Waals surface area contributed by atoms with Crippen LogP contribution in [0, 0.1) is 5.95 Å². The summed E-state index contributed by atoms with van der Waals surface area (Å²) in [5, 5.41) is 0. The van der Waals surface area contributed by atoms with Crippen LogP contribution < -0.4 is 4.74 Å². The Bertz CT molecular complexity index is 342. The summed E-state index contributed by atoms with van der Waals surface area (Å²) in [7, 11) is 3.32. The predicted octanol–water partition coefficient (Wildman–Crippen LogP) is 1.08. The third kappa shape index (κ3) is 3.53. The van der Waals surface area contributed by atoms with Gasteiger partial charge in [-0.15, -0.1) is 0 Å². The first-order chi connectivity index (χ1) is 7.11. The van der Waals surface area contributed by atoms with Crippen LogP contribution in [0.2, 0.25) is 0 Å². The Kier molecular flexibility index (Phi) is 4.03. The van der Waals surface area contributed by atoms with Gasteiger partial charge in [0.2, 0.25) is 5.91 Å². The molecule has 0 unspecified atom stereocenters. The summed E-state index contributed by atoms with van der Waals surface area (Å²) >= 11 is 0. The molecule has 1 heterocycles. The Morgan fingerprint density at radius 1 is 1.60 bits per heavy atom. The van der Waals surface area contributed by atoms with Crippen molar-refractivity contribution in [2.45, 2.75) is 6.42 Å². The molecule has 0 saturated heterocycles. The van der Waals surface area contributed by atoms with E-state index in [9.17, 15) is 9.18 Å². The second kappa shape index (κ2) is 5.29. The smallest absolute Gasteiger partial charge is 0.255 e. The van der Waals surface area contributed by atoms with Gasteiger partial charge in [0.25, 0.3) is 5.95 Å². The van der Waals surface area contributed by atoms with E-state index in [2.05, 4.69) is 4.98 Å². The number of rotatable bonds is 4. The second-order valence-electron chi connectivity index (χ2n) is 3.18. The summed E-state index contributed by atoms with van der Waals surface area (Å²) in [5.41, 5.74) is 0. The van der Waals surface area contributed by atoms with E-state index in [1.807, 2.05) is 0 Å². The summed E-state index contributed by atoms with van der Waals surface area (Å²) in [6, 6.07) is 3.05. The Balaban J connectivity index is 2.38. The fourth-order valence-electron chi connectivity index (χ4n) is 0.951. The highest BCUT2D eigenvalue weighted by atomic mass is 19.1. The molecule has 1 rings (SSSR count). The molecule has 0 aliphatic heterocycles. The van der Waals surface area contributed by atoms with E-state index in [4.69, 9.17) is 4.74 Å². The van der Waals surface area contributed by atoms with Gasteiger partial charge in [-0.25, -0.2) is 4.98 Å². The molecule has 82 valence electrons. The number of hydrogen-bond donors (Lipinski definition) is 0. The maximum Gasteiger partial charge on any atom is 0.255 e. The van der Waals surface area contributed by atoms with Gasteiger partial charge in [-0.2, -0.15) is 4.39 Å². The van der Waals surface area contributed by atoms with Crippen molar-refractivity contribution < 1.29 is 13.9 Å². The van der Waals surface area contributed by atoms with Gasteiger partial charge >= 0.3 is 0 Å². The molecule has 0 bridgehead atoms. The van der Waals surface area contributed by atoms with Gasteiger partial charge < -0.3 is 9.64 Å². The first kappa shape index (κ1) is 11.4. The van der Waals surface area contributed by atoms with Crippen LogP contribution in [0.15, 0.2) is 18.3 Å². The average Bonchev–Trinajstić information content (AvgIpc) is 2.20. The SMILES string of the molecule is CN(C)C(=O)CCOc1cccnc1F. The average molecular weight is 212 g/mol. The fraction of sp³-hybridized carbons (Fsp3) is 0.400. The first-order valence-electron chi connectivity index (χ1n) is 4.54. The zero-order chi connectivity index (χ0) is 11.3. The highest BCUT2D eigenvalue weighted by molar-refractivity contribution is 5.75. The molecule has 0 radical (unpaired) electrons. The molecule has 0 aliphatic rings. The molecule has 0 fully saturated rings. The number of carbonyl (C=O) groups is 1. The van der Waals surface area contributed by atoms with Crippen molar-refractivity contribution >= 4 is 5.91 Å². The molecule has 0 aromatic carbocycles. The molecule has 0 saturated carbocycles. The van der Waals surface area contributed by atoms with Crippen molar-refractivity contribution in [3.8, 4) is 5.75 Å². The number of pyridine rings is 1. The standard InChI is InChI=1S/C10H13FN2O2/c1-13(2)9(14)5-7-15-8-4-3-6-12-10(8)11/h3-4,6H,5,7H2,1-2H3. The van der Waals surface area contributed by atoms with E-state index in [0.717, 1.165) is 0 Å². The van der Waals surface area contributed by atoms with Crippen molar-refractivity contribution in [2.24, 2.45) is 0 Å². The maximum absolute atomic E-state index is 12.9. The van der Waals surface area contributed by atoms with Crippen LogP contribution in [0.3, 0.4) is 0 Å². The van der Waals surface area contributed by atoms with Gasteiger partial charge in [0.05, 0.1) is 13.0 Å². The van der Waals surface area contributed by atoms with Crippen LogP contribution >= 0.6 is 0 Å². The van der Waals surface area contributed by atoms with Gasteiger partial charge in [0, 0.05) is 20.3 Å². The van der Waals surface area contributed by atoms with Gasteiger partial charge in [-0.1, -0.05) is 0 Å². The van der Waals surface area contributed by atoms with E-state index in [1.54, 1.807) is 20.2 Å². The lowest BCUT2D eigenvalue weighted by molar-refractivity contribution is -0.129. The van der Waals surface area contributed by atoms with Crippen molar-refractivity contribution in [1.82, 2.24) is 9.88 Å². The summed E-state index contributed by atoms with van der Waals surface area (Å²) in [6.45, 7) is 0.152. The quantitative estimate of drug-likeness (QED) is 0.701. The minimum atomic E-state index is -0.658. The largest absolute Gasteiger partial charge is 0.488 e. The van der Waals surface area contributed by atoms with E-state index >= 15 is 0 Å². The fourth-order valence-corrected chi connectivity index (χ4v) is 0.951. The lowest BCUT2D eigenvalue weighted by Gasteiger charge is -2.10. The zero-order valence-electron chi connectivity index (χ0n) is 8.74. The highest BCUT2D eigenvalue weighted by Crippen LogP contribution is 2.12. The van der Waals surface area contributed by atoms with Gasteiger partial charge in [-0.3, -0.25) is 4.79 Å². The minimum absolute atomic E-state index is 0.0562. The number of hydrogen-bond acceptors (Lipinski definition) is 3. The van der Waals surface area contributed by atoms with Crippen LogP contribution in [0.1, 0.15) is 6.42 Å². The van der Waals surface area contributed by atoms with Gasteiger partial charge in [0.1, 0.15) is 0 Å². The lowest BCUT2D eigenvalue weighted by Crippen LogP contribution is -2.23. The molecule has 1 aromatic rings. The topological polar surface area (TPSA) is 42.4 Å². The van der Waals surface area contributed by atoms with E-state index in [1.165, 1.54) is 17.2 Å². The third-order valence-corrected chi connectivity index (χ3v) is 1.80. The van der Waals surface area contributed by atoms with Crippen LogP contribution in [0.5, 0.6) is 5.75 Å². The van der Waals surface area contributed by atoms with Crippen molar-refractivity contribution in [3.05, 3.63) is 24.3 Å². The number of carbonyl (C=O) groups excluding carboxylic acids is 1. The van der Waals surface area contributed by atoms with E-state index < -0.39 is 5.95 Å². The number of aromatic nitrogens is 1. The second-order valence-corrected chi connectivity index (χ2v) is 3.18. The molecular formula is C10H13FN2O2. The van der Waals surface area contributed by atoms with Crippen LogP contribution in [0.25, 0.3) is 0 Å². The normalized spacial score (nSPS) is 9.80. The third-order valence-electron chi connectivity index (χ3n) is 1.80. The van der Waals surface area contributed by atoms with Crippen molar-refractivity contribution in [3.63, 3.8) is 0 Å². The molecule has 4 nitrogen and oxygen atoms in total. The summed E-state index contributed by atoms with van der Waals surface area (Å²) in [5.74, 6) is -0.641. The highest BCUT2D eigenvalue weighted by Gasteiger charge is 2.06.